The molecule has 0 bridgehead atoms. The number of nitriles is 1. The highest BCUT2D eigenvalue weighted by atomic mass is 35.5. The molecule has 3 nitrogen and oxygen atoms in total. The van der Waals surface area contributed by atoms with Crippen LogP contribution in [0.1, 0.15) is 25.5 Å². The summed E-state index contributed by atoms with van der Waals surface area (Å²) in [6, 6.07) is 16.7. The topological polar surface area (TPSA) is 45.0 Å². The molecule has 0 radical (unpaired) electrons. The van der Waals surface area contributed by atoms with Crippen molar-refractivity contribution < 1.29 is 4.74 Å². The highest BCUT2D eigenvalue weighted by Crippen LogP contribution is 2.26. The molecule has 21 heavy (non-hydrogen) atoms. The second-order valence-corrected chi connectivity index (χ2v) is 5.33. The number of ether oxygens (including phenoxy) is 1. The number of hydrogen-bond acceptors (Lipinski definition) is 3. The lowest BCUT2D eigenvalue weighted by Gasteiger charge is -2.15. The Balaban J connectivity index is 2.15. The van der Waals surface area contributed by atoms with Gasteiger partial charge >= 0.3 is 0 Å². The number of anilines is 1. The van der Waals surface area contributed by atoms with E-state index in [-0.39, 0.29) is 6.10 Å². The minimum Gasteiger partial charge on any atom is -0.491 e. The van der Waals surface area contributed by atoms with Crippen LogP contribution in [-0.2, 0) is 0 Å². The Labute approximate surface area is 130 Å². The van der Waals surface area contributed by atoms with E-state index in [0.29, 0.717) is 5.02 Å². The quantitative estimate of drug-likeness (QED) is 0.862. The summed E-state index contributed by atoms with van der Waals surface area (Å²) in [5.41, 5.74) is 1.61. The van der Waals surface area contributed by atoms with Crippen LogP contribution < -0.4 is 10.1 Å². The van der Waals surface area contributed by atoms with E-state index >= 15 is 0 Å². The molecule has 0 aliphatic carbocycles. The Hall–Kier alpha value is -2.18. The van der Waals surface area contributed by atoms with Gasteiger partial charge in [0.15, 0.2) is 0 Å². The van der Waals surface area contributed by atoms with Crippen molar-refractivity contribution in [2.45, 2.75) is 26.0 Å². The van der Waals surface area contributed by atoms with Gasteiger partial charge in [0.2, 0.25) is 0 Å². The second-order valence-electron chi connectivity index (χ2n) is 4.92. The van der Waals surface area contributed by atoms with Crippen LogP contribution in [0.3, 0.4) is 0 Å². The summed E-state index contributed by atoms with van der Waals surface area (Å²) in [4.78, 5) is 0. The summed E-state index contributed by atoms with van der Waals surface area (Å²) in [5.74, 6) is 0.795. The maximum absolute atomic E-state index is 9.36. The van der Waals surface area contributed by atoms with Crippen molar-refractivity contribution in [1.29, 1.82) is 5.26 Å². The normalized spacial score (nSPS) is 11.8. The molecule has 1 atom stereocenters. The minimum atomic E-state index is -0.460. The van der Waals surface area contributed by atoms with Gasteiger partial charge in [-0.15, -0.1) is 0 Å². The molecule has 0 saturated heterocycles. The molecule has 1 unspecified atom stereocenters. The van der Waals surface area contributed by atoms with E-state index in [9.17, 15) is 5.26 Å². The Morgan fingerprint density at radius 3 is 2.33 bits per heavy atom. The van der Waals surface area contributed by atoms with Crippen LogP contribution in [0.2, 0.25) is 5.02 Å². The van der Waals surface area contributed by atoms with Crippen LogP contribution >= 0.6 is 11.6 Å². The molecular formula is C17H17ClN2O. The van der Waals surface area contributed by atoms with Gasteiger partial charge in [0, 0.05) is 0 Å². The number of hydrogen-bond donors (Lipinski definition) is 1. The van der Waals surface area contributed by atoms with Gasteiger partial charge in [-0.25, -0.2) is 0 Å². The van der Waals surface area contributed by atoms with E-state index in [1.807, 2.05) is 56.3 Å². The van der Waals surface area contributed by atoms with Gasteiger partial charge in [0.25, 0.3) is 0 Å². The van der Waals surface area contributed by atoms with Crippen molar-refractivity contribution in [3.8, 4) is 11.8 Å². The summed E-state index contributed by atoms with van der Waals surface area (Å²) < 4.78 is 5.60. The van der Waals surface area contributed by atoms with Crippen LogP contribution in [0.15, 0.2) is 48.5 Å². The van der Waals surface area contributed by atoms with E-state index < -0.39 is 6.04 Å². The summed E-state index contributed by atoms with van der Waals surface area (Å²) >= 11 is 6.10. The smallest absolute Gasteiger partial charge is 0.140 e. The van der Waals surface area contributed by atoms with E-state index in [1.165, 1.54) is 0 Å². The first-order valence-corrected chi connectivity index (χ1v) is 7.15. The Bertz CT molecular complexity index is 632. The standard InChI is InChI=1S/C17H17ClN2O/c1-12(2)21-14-9-7-13(8-10-14)17(11-19)20-16-6-4-3-5-15(16)18/h3-10,12,17,20H,1-2H3. The average molecular weight is 301 g/mol. The number of benzene rings is 2. The van der Waals surface area contributed by atoms with Gasteiger partial charge < -0.3 is 10.1 Å². The third-order valence-electron chi connectivity index (χ3n) is 2.89. The molecule has 108 valence electrons. The summed E-state index contributed by atoms with van der Waals surface area (Å²) in [7, 11) is 0. The fourth-order valence-corrected chi connectivity index (χ4v) is 2.13. The third kappa shape index (κ3) is 4.14. The third-order valence-corrected chi connectivity index (χ3v) is 3.22. The lowest BCUT2D eigenvalue weighted by molar-refractivity contribution is 0.242. The van der Waals surface area contributed by atoms with Crippen LogP contribution in [0, 0.1) is 11.3 Å². The fraction of sp³-hybridized carbons (Fsp3) is 0.235. The number of halogens is 1. The maximum atomic E-state index is 9.36. The number of nitrogens with zero attached hydrogens (tertiary/aromatic N) is 1. The first-order valence-electron chi connectivity index (χ1n) is 6.77. The Morgan fingerprint density at radius 1 is 1.10 bits per heavy atom. The van der Waals surface area contributed by atoms with Gasteiger partial charge in [-0.1, -0.05) is 35.9 Å². The molecule has 0 saturated carbocycles. The van der Waals surface area contributed by atoms with E-state index in [2.05, 4.69) is 11.4 Å². The molecule has 0 fully saturated rings. The lowest BCUT2D eigenvalue weighted by Crippen LogP contribution is -2.09. The zero-order valence-electron chi connectivity index (χ0n) is 12.0. The first-order chi connectivity index (χ1) is 10.1. The van der Waals surface area contributed by atoms with Crippen molar-refractivity contribution in [2.24, 2.45) is 0 Å². The molecule has 0 spiro atoms. The monoisotopic (exact) mass is 300 g/mol. The van der Waals surface area contributed by atoms with Crippen LogP contribution in [-0.4, -0.2) is 6.10 Å². The molecule has 0 heterocycles. The maximum Gasteiger partial charge on any atom is 0.140 e. The van der Waals surface area contributed by atoms with Crippen LogP contribution in [0.5, 0.6) is 5.75 Å². The van der Waals surface area contributed by atoms with Crippen molar-refractivity contribution >= 4 is 17.3 Å². The fourth-order valence-electron chi connectivity index (χ4n) is 1.93. The predicted octanol–water partition coefficient (Wildman–Crippen LogP) is 4.80. The number of para-hydroxylation sites is 1. The minimum absolute atomic E-state index is 0.129. The number of rotatable bonds is 5. The van der Waals surface area contributed by atoms with Gasteiger partial charge in [-0.3, -0.25) is 0 Å². The Morgan fingerprint density at radius 2 is 1.76 bits per heavy atom. The van der Waals surface area contributed by atoms with Crippen LogP contribution in [0.25, 0.3) is 0 Å². The SMILES string of the molecule is CC(C)Oc1ccc(C(C#N)Nc2ccccc2Cl)cc1. The van der Waals surface area contributed by atoms with Crippen molar-refractivity contribution in [2.75, 3.05) is 5.32 Å². The highest BCUT2D eigenvalue weighted by molar-refractivity contribution is 6.33. The molecule has 0 aromatic heterocycles. The van der Waals surface area contributed by atoms with E-state index in [0.717, 1.165) is 17.0 Å². The van der Waals surface area contributed by atoms with E-state index in [4.69, 9.17) is 16.3 Å². The molecule has 2 aromatic rings. The number of nitrogens with one attached hydrogen (secondary N) is 1. The highest BCUT2D eigenvalue weighted by Gasteiger charge is 2.12. The molecule has 0 amide bonds. The van der Waals surface area contributed by atoms with Crippen molar-refractivity contribution in [3.63, 3.8) is 0 Å². The molecule has 1 N–H and O–H groups in total. The zero-order chi connectivity index (χ0) is 15.2. The van der Waals surface area contributed by atoms with Gasteiger partial charge in [0.05, 0.1) is 22.9 Å². The predicted molar refractivity (Wildman–Crippen MR) is 85.6 cm³/mol. The van der Waals surface area contributed by atoms with Gasteiger partial charge in [-0.2, -0.15) is 5.26 Å². The molecule has 2 aromatic carbocycles. The molecule has 0 aliphatic heterocycles. The summed E-state index contributed by atoms with van der Waals surface area (Å²) in [5, 5.41) is 13.1. The molecule has 2 rings (SSSR count). The summed E-state index contributed by atoms with van der Waals surface area (Å²) in [6.45, 7) is 3.95. The van der Waals surface area contributed by atoms with E-state index in [1.54, 1.807) is 6.07 Å². The van der Waals surface area contributed by atoms with Crippen molar-refractivity contribution in [1.82, 2.24) is 0 Å². The van der Waals surface area contributed by atoms with Crippen LogP contribution in [0.4, 0.5) is 5.69 Å². The lowest BCUT2D eigenvalue weighted by atomic mass is 10.1. The zero-order valence-corrected chi connectivity index (χ0v) is 12.8. The molecule has 4 heteroatoms. The first kappa shape index (κ1) is 15.2. The van der Waals surface area contributed by atoms with Gasteiger partial charge in [-0.05, 0) is 43.7 Å². The van der Waals surface area contributed by atoms with Crippen molar-refractivity contribution in [3.05, 3.63) is 59.1 Å². The largest absolute Gasteiger partial charge is 0.491 e. The Kier molecular flexibility index (Phi) is 5.08. The van der Waals surface area contributed by atoms with Gasteiger partial charge in [0.1, 0.15) is 11.8 Å². The summed E-state index contributed by atoms with van der Waals surface area (Å²) in [6.07, 6.45) is 0.129. The molecular weight excluding hydrogens is 284 g/mol. The molecule has 0 aliphatic rings. The second kappa shape index (κ2) is 7.01. The average Bonchev–Trinajstić information content (AvgIpc) is 2.47.